The largest absolute Gasteiger partial charge is 0.444 e. The third-order valence-corrected chi connectivity index (χ3v) is 6.91. The number of hydrogen-bond acceptors (Lipinski definition) is 5. The van der Waals surface area contributed by atoms with Crippen LogP contribution in [-0.2, 0) is 16.1 Å². The Morgan fingerprint density at radius 2 is 1.72 bits per heavy atom. The van der Waals surface area contributed by atoms with E-state index >= 15 is 0 Å². The summed E-state index contributed by atoms with van der Waals surface area (Å²) < 4.78 is 7.51. The summed E-state index contributed by atoms with van der Waals surface area (Å²) in [6, 6.07) is 11.3. The molecule has 1 aromatic carbocycles. The molecule has 1 aliphatic heterocycles. The van der Waals surface area contributed by atoms with Gasteiger partial charge in [-0.1, -0.05) is 23.7 Å². The van der Waals surface area contributed by atoms with Crippen molar-refractivity contribution in [3.05, 3.63) is 60.1 Å². The third kappa shape index (κ3) is 4.95. The molecule has 3 aromatic rings. The first-order valence-corrected chi connectivity index (χ1v) is 12.5. The van der Waals surface area contributed by atoms with Crippen molar-refractivity contribution in [2.75, 3.05) is 19.6 Å². The number of amides is 2. The van der Waals surface area contributed by atoms with E-state index in [0.717, 1.165) is 35.4 Å². The minimum atomic E-state index is -0.549. The fourth-order valence-electron chi connectivity index (χ4n) is 4.74. The van der Waals surface area contributed by atoms with Crippen LogP contribution in [0.3, 0.4) is 0 Å². The predicted molar refractivity (Wildman–Crippen MR) is 137 cm³/mol. The standard InChI is InChI=1S/C27H30ClN5O3/c1-26(2,3)36-25(35)33-15-14-31(17-27(33)10-11-27)22(34)16-32-18-30-23(19-4-6-21(28)7-5-19)24(32)20-8-12-29-13-9-20/h4-9,12-13,18H,10-11,14-17H2,1-3H3. The van der Waals surface area contributed by atoms with Gasteiger partial charge in [-0.25, -0.2) is 9.78 Å². The van der Waals surface area contributed by atoms with Crippen LogP contribution in [0.15, 0.2) is 55.1 Å². The number of carbonyl (C=O) groups excluding carboxylic acids is 2. The van der Waals surface area contributed by atoms with Crippen LogP contribution < -0.4 is 0 Å². The zero-order valence-corrected chi connectivity index (χ0v) is 21.5. The summed E-state index contributed by atoms with van der Waals surface area (Å²) in [6.45, 7) is 7.23. The van der Waals surface area contributed by atoms with E-state index in [9.17, 15) is 9.59 Å². The predicted octanol–water partition coefficient (Wildman–Crippen LogP) is 4.88. The van der Waals surface area contributed by atoms with Crippen molar-refractivity contribution in [1.29, 1.82) is 0 Å². The number of rotatable bonds is 4. The number of nitrogens with zero attached hydrogens (tertiary/aromatic N) is 5. The zero-order chi connectivity index (χ0) is 25.5. The van der Waals surface area contributed by atoms with Crippen molar-refractivity contribution in [3.63, 3.8) is 0 Å². The number of aromatic nitrogens is 3. The van der Waals surface area contributed by atoms with Gasteiger partial charge >= 0.3 is 6.09 Å². The number of ether oxygens (including phenoxy) is 1. The molecule has 0 bridgehead atoms. The SMILES string of the molecule is CC(C)(C)OC(=O)N1CCN(C(=O)Cn2cnc(-c3ccc(Cl)cc3)c2-c2ccncc2)CC12CC2. The molecule has 0 unspecified atom stereocenters. The maximum Gasteiger partial charge on any atom is 0.410 e. The summed E-state index contributed by atoms with van der Waals surface area (Å²) in [5.74, 6) is 0.000441. The molecule has 9 heteroatoms. The van der Waals surface area contributed by atoms with Gasteiger partial charge in [-0.2, -0.15) is 0 Å². The van der Waals surface area contributed by atoms with Crippen molar-refractivity contribution in [3.8, 4) is 22.5 Å². The van der Waals surface area contributed by atoms with Crippen LogP contribution in [0.4, 0.5) is 4.79 Å². The van der Waals surface area contributed by atoms with Gasteiger partial charge in [-0.15, -0.1) is 0 Å². The highest BCUT2D eigenvalue weighted by atomic mass is 35.5. The van der Waals surface area contributed by atoms with E-state index in [1.807, 2.05) is 71.5 Å². The third-order valence-electron chi connectivity index (χ3n) is 6.66. The lowest BCUT2D eigenvalue weighted by atomic mass is 10.1. The van der Waals surface area contributed by atoms with Gasteiger partial charge in [-0.3, -0.25) is 14.7 Å². The average molecular weight is 508 g/mol. The molecule has 0 N–H and O–H groups in total. The molecule has 2 fully saturated rings. The van der Waals surface area contributed by atoms with Crippen molar-refractivity contribution in [2.45, 2.75) is 51.3 Å². The van der Waals surface area contributed by atoms with Gasteiger partial charge in [0.2, 0.25) is 5.91 Å². The highest BCUT2D eigenvalue weighted by Crippen LogP contribution is 2.45. The topological polar surface area (TPSA) is 80.6 Å². The molecular weight excluding hydrogens is 478 g/mol. The van der Waals surface area contributed by atoms with Crippen LogP contribution in [0, 0.1) is 0 Å². The molecule has 0 radical (unpaired) electrons. The average Bonchev–Trinajstić information content (AvgIpc) is 3.46. The Labute approximate surface area is 215 Å². The highest BCUT2D eigenvalue weighted by Gasteiger charge is 2.54. The van der Waals surface area contributed by atoms with E-state index in [-0.39, 0.29) is 24.1 Å². The Morgan fingerprint density at radius 3 is 2.36 bits per heavy atom. The van der Waals surface area contributed by atoms with Gasteiger partial charge < -0.3 is 14.2 Å². The van der Waals surface area contributed by atoms with E-state index in [1.54, 1.807) is 18.7 Å². The monoisotopic (exact) mass is 507 g/mol. The molecule has 188 valence electrons. The Morgan fingerprint density at radius 1 is 1.03 bits per heavy atom. The lowest BCUT2D eigenvalue weighted by Gasteiger charge is -2.42. The molecule has 2 amide bonds. The van der Waals surface area contributed by atoms with E-state index in [2.05, 4.69) is 9.97 Å². The molecule has 1 saturated heterocycles. The minimum Gasteiger partial charge on any atom is -0.444 e. The van der Waals surface area contributed by atoms with Crippen LogP contribution in [0.25, 0.3) is 22.5 Å². The number of pyridine rings is 1. The minimum absolute atomic E-state index is 0.000441. The Balaban J connectivity index is 1.36. The lowest BCUT2D eigenvalue weighted by Crippen LogP contribution is -2.59. The molecule has 3 heterocycles. The number of hydrogen-bond donors (Lipinski definition) is 0. The molecule has 36 heavy (non-hydrogen) atoms. The second-order valence-electron chi connectivity index (χ2n) is 10.5. The summed E-state index contributed by atoms with van der Waals surface area (Å²) in [7, 11) is 0. The normalized spacial score (nSPS) is 16.8. The maximum atomic E-state index is 13.5. The van der Waals surface area contributed by atoms with Gasteiger partial charge in [0.25, 0.3) is 0 Å². The summed E-state index contributed by atoms with van der Waals surface area (Å²) in [5.41, 5.74) is 2.61. The number of benzene rings is 1. The van der Waals surface area contributed by atoms with Crippen molar-refractivity contribution in [1.82, 2.24) is 24.3 Å². The van der Waals surface area contributed by atoms with Gasteiger partial charge in [-0.05, 0) is 57.9 Å². The Hall–Kier alpha value is -3.39. The molecule has 2 aliphatic rings. The molecule has 1 spiro atoms. The summed E-state index contributed by atoms with van der Waals surface area (Å²) in [5, 5.41) is 0.651. The maximum absolute atomic E-state index is 13.5. The Bertz CT molecular complexity index is 1260. The van der Waals surface area contributed by atoms with Crippen LogP contribution in [0.5, 0.6) is 0 Å². The van der Waals surface area contributed by atoms with E-state index in [1.165, 1.54) is 0 Å². The fourth-order valence-corrected chi connectivity index (χ4v) is 4.87. The fraction of sp³-hybridized carbons (Fsp3) is 0.407. The van der Waals surface area contributed by atoms with Crippen molar-refractivity contribution >= 4 is 23.6 Å². The molecule has 1 aliphatic carbocycles. The van der Waals surface area contributed by atoms with Crippen LogP contribution >= 0.6 is 11.6 Å². The van der Waals surface area contributed by atoms with E-state index in [0.29, 0.717) is 24.7 Å². The first-order chi connectivity index (χ1) is 17.2. The van der Waals surface area contributed by atoms with Gasteiger partial charge in [0.05, 0.1) is 23.3 Å². The number of imidazole rings is 1. The number of carbonyl (C=O) groups is 2. The van der Waals surface area contributed by atoms with Gasteiger partial charge in [0.15, 0.2) is 0 Å². The zero-order valence-electron chi connectivity index (χ0n) is 20.8. The lowest BCUT2D eigenvalue weighted by molar-refractivity contribution is -0.135. The van der Waals surface area contributed by atoms with Crippen LogP contribution in [0.1, 0.15) is 33.6 Å². The smallest absolute Gasteiger partial charge is 0.410 e. The molecular formula is C27H30ClN5O3. The van der Waals surface area contributed by atoms with E-state index < -0.39 is 5.60 Å². The molecule has 5 rings (SSSR count). The highest BCUT2D eigenvalue weighted by molar-refractivity contribution is 6.30. The van der Waals surface area contributed by atoms with Gasteiger partial charge in [0.1, 0.15) is 12.1 Å². The van der Waals surface area contributed by atoms with E-state index in [4.69, 9.17) is 16.3 Å². The quantitative estimate of drug-likeness (QED) is 0.503. The second-order valence-corrected chi connectivity index (χ2v) is 10.9. The first kappa shape index (κ1) is 24.3. The first-order valence-electron chi connectivity index (χ1n) is 12.2. The Kier molecular flexibility index (Phi) is 6.24. The molecule has 1 saturated carbocycles. The number of piperazine rings is 1. The number of halogens is 1. The molecule has 2 aromatic heterocycles. The van der Waals surface area contributed by atoms with Gasteiger partial charge in [0, 0.05) is 48.2 Å². The van der Waals surface area contributed by atoms with Crippen molar-refractivity contribution in [2.24, 2.45) is 0 Å². The molecule has 8 nitrogen and oxygen atoms in total. The summed E-state index contributed by atoms with van der Waals surface area (Å²) >= 11 is 6.09. The second kappa shape index (κ2) is 9.24. The summed E-state index contributed by atoms with van der Waals surface area (Å²) in [6.07, 6.45) is 6.63. The van der Waals surface area contributed by atoms with Crippen LogP contribution in [-0.4, -0.2) is 67.1 Å². The van der Waals surface area contributed by atoms with Crippen molar-refractivity contribution < 1.29 is 14.3 Å². The summed E-state index contributed by atoms with van der Waals surface area (Å²) in [4.78, 5) is 38.7. The van der Waals surface area contributed by atoms with Crippen LogP contribution in [0.2, 0.25) is 5.02 Å². The molecule has 0 atom stereocenters.